The number of hydrogen-bond donors (Lipinski definition) is 1. The smallest absolute Gasteiger partial charge is 0.256 e. The van der Waals surface area contributed by atoms with Crippen LogP contribution in [0, 0.1) is 0 Å². The fraction of sp³-hybridized carbons (Fsp3) is 0.235. The summed E-state index contributed by atoms with van der Waals surface area (Å²) in [5.74, 6) is -0.740. The van der Waals surface area contributed by atoms with Gasteiger partial charge in [0.15, 0.2) is 6.10 Å². The van der Waals surface area contributed by atoms with Crippen LogP contribution in [0.2, 0.25) is 0 Å². The van der Waals surface area contributed by atoms with Crippen molar-refractivity contribution in [3.05, 3.63) is 52.6 Å². The first-order chi connectivity index (χ1) is 12.0. The third-order valence-corrected chi connectivity index (χ3v) is 5.26. The third-order valence-electron chi connectivity index (χ3n) is 3.70. The van der Waals surface area contributed by atoms with Gasteiger partial charge in [0.05, 0.1) is 18.7 Å². The molecule has 1 aromatic heterocycles. The standard InChI is InChI=1S/C17H16BrN3O3S/c18-11-3-5-12(6-4-11)25-16-13(2-1-7-20-16)17(23)21-8-9-24-14(10-21)15(19)22/h1-7,14H,8-10H2,(H2,19,22)/t14-/m0/s1. The van der Waals surface area contributed by atoms with Crippen LogP contribution in [0.5, 0.6) is 0 Å². The van der Waals surface area contributed by atoms with E-state index in [9.17, 15) is 9.59 Å². The zero-order valence-corrected chi connectivity index (χ0v) is 15.6. The van der Waals surface area contributed by atoms with Crippen molar-refractivity contribution in [1.82, 2.24) is 9.88 Å². The third kappa shape index (κ3) is 4.39. The van der Waals surface area contributed by atoms with Gasteiger partial charge in [-0.2, -0.15) is 0 Å². The molecule has 1 aromatic carbocycles. The summed E-state index contributed by atoms with van der Waals surface area (Å²) in [5, 5.41) is 0.622. The first kappa shape index (κ1) is 17.9. The molecule has 3 rings (SSSR count). The van der Waals surface area contributed by atoms with Crippen LogP contribution in [0.3, 0.4) is 0 Å². The van der Waals surface area contributed by atoms with Crippen molar-refractivity contribution >= 4 is 39.5 Å². The number of rotatable bonds is 4. The molecule has 0 saturated carbocycles. The van der Waals surface area contributed by atoms with Crippen molar-refractivity contribution in [2.45, 2.75) is 16.0 Å². The van der Waals surface area contributed by atoms with Gasteiger partial charge in [-0.3, -0.25) is 9.59 Å². The Labute approximate surface area is 157 Å². The number of hydrogen-bond acceptors (Lipinski definition) is 5. The number of aromatic nitrogens is 1. The molecule has 2 heterocycles. The fourth-order valence-corrected chi connectivity index (χ4v) is 3.56. The Kier molecular flexibility index (Phi) is 5.72. The first-order valence-electron chi connectivity index (χ1n) is 7.63. The van der Waals surface area contributed by atoms with Crippen LogP contribution in [0.25, 0.3) is 0 Å². The maximum absolute atomic E-state index is 12.9. The SMILES string of the molecule is NC(=O)[C@@H]1CN(C(=O)c2cccnc2Sc2ccc(Br)cc2)CCO1. The molecule has 1 saturated heterocycles. The van der Waals surface area contributed by atoms with Gasteiger partial charge < -0.3 is 15.4 Å². The number of pyridine rings is 1. The van der Waals surface area contributed by atoms with E-state index in [1.807, 2.05) is 24.3 Å². The lowest BCUT2D eigenvalue weighted by Gasteiger charge is -2.31. The molecule has 1 fully saturated rings. The van der Waals surface area contributed by atoms with Crippen LogP contribution >= 0.6 is 27.7 Å². The Morgan fingerprint density at radius 3 is 2.76 bits per heavy atom. The highest BCUT2D eigenvalue weighted by molar-refractivity contribution is 9.10. The van der Waals surface area contributed by atoms with E-state index in [2.05, 4.69) is 20.9 Å². The molecule has 1 aliphatic heterocycles. The summed E-state index contributed by atoms with van der Waals surface area (Å²) in [7, 11) is 0. The maximum Gasteiger partial charge on any atom is 0.256 e. The van der Waals surface area contributed by atoms with Gasteiger partial charge in [0.25, 0.3) is 5.91 Å². The van der Waals surface area contributed by atoms with Gasteiger partial charge in [-0.1, -0.05) is 27.7 Å². The molecule has 0 aliphatic carbocycles. The van der Waals surface area contributed by atoms with E-state index < -0.39 is 12.0 Å². The number of morpholine rings is 1. The summed E-state index contributed by atoms with van der Waals surface area (Å²) in [6, 6.07) is 11.2. The Balaban J connectivity index is 1.81. The molecular formula is C17H16BrN3O3S. The Morgan fingerprint density at radius 1 is 1.28 bits per heavy atom. The van der Waals surface area contributed by atoms with Gasteiger partial charge in [0, 0.05) is 22.1 Å². The van der Waals surface area contributed by atoms with E-state index in [4.69, 9.17) is 10.5 Å². The topological polar surface area (TPSA) is 85.5 Å². The van der Waals surface area contributed by atoms with E-state index in [0.717, 1.165) is 9.37 Å². The lowest BCUT2D eigenvalue weighted by molar-refractivity contribution is -0.133. The van der Waals surface area contributed by atoms with E-state index >= 15 is 0 Å². The van der Waals surface area contributed by atoms with Gasteiger partial charge in [0.2, 0.25) is 5.91 Å². The molecule has 2 N–H and O–H groups in total. The average Bonchev–Trinajstić information content (AvgIpc) is 2.63. The summed E-state index contributed by atoms with van der Waals surface area (Å²) in [6.45, 7) is 0.861. The molecule has 6 nitrogen and oxygen atoms in total. The minimum Gasteiger partial charge on any atom is -0.367 e. The molecule has 25 heavy (non-hydrogen) atoms. The van der Waals surface area contributed by atoms with Crippen molar-refractivity contribution < 1.29 is 14.3 Å². The van der Waals surface area contributed by atoms with Crippen LogP contribution in [-0.2, 0) is 9.53 Å². The number of nitrogens with zero attached hydrogens (tertiary/aromatic N) is 2. The lowest BCUT2D eigenvalue weighted by Crippen LogP contribution is -2.50. The zero-order valence-electron chi connectivity index (χ0n) is 13.2. The Morgan fingerprint density at radius 2 is 2.04 bits per heavy atom. The zero-order chi connectivity index (χ0) is 17.8. The van der Waals surface area contributed by atoms with Crippen LogP contribution in [0.15, 0.2) is 57.0 Å². The predicted molar refractivity (Wildman–Crippen MR) is 97.3 cm³/mol. The van der Waals surface area contributed by atoms with Crippen LogP contribution < -0.4 is 5.73 Å². The van der Waals surface area contributed by atoms with Crippen LogP contribution in [0.4, 0.5) is 0 Å². The normalized spacial score (nSPS) is 17.3. The summed E-state index contributed by atoms with van der Waals surface area (Å²) in [6.07, 6.45) is 0.890. The van der Waals surface area contributed by atoms with Gasteiger partial charge in [-0.25, -0.2) is 4.98 Å². The molecule has 0 unspecified atom stereocenters. The predicted octanol–water partition coefficient (Wildman–Crippen LogP) is 2.32. The van der Waals surface area contributed by atoms with Crippen molar-refractivity contribution in [3.63, 3.8) is 0 Å². The van der Waals surface area contributed by atoms with Crippen molar-refractivity contribution in [2.75, 3.05) is 19.7 Å². The minimum absolute atomic E-state index is 0.158. The second-order valence-electron chi connectivity index (χ2n) is 5.43. The monoisotopic (exact) mass is 421 g/mol. The van der Waals surface area contributed by atoms with Crippen molar-refractivity contribution in [1.29, 1.82) is 0 Å². The number of carbonyl (C=O) groups is 2. The molecule has 2 amide bonds. The quantitative estimate of drug-likeness (QED) is 0.818. The van der Waals surface area contributed by atoms with E-state index in [0.29, 0.717) is 17.1 Å². The number of halogens is 1. The van der Waals surface area contributed by atoms with Gasteiger partial charge in [-0.05, 0) is 36.4 Å². The number of amides is 2. The van der Waals surface area contributed by atoms with Crippen LogP contribution in [-0.4, -0.2) is 47.5 Å². The number of nitrogens with two attached hydrogens (primary N) is 1. The minimum atomic E-state index is -0.767. The second-order valence-corrected chi connectivity index (χ2v) is 7.40. The van der Waals surface area contributed by atoms with E-state index in [1.165, 1.54) is 11.8 Å². The van der Waals surface area contributed by atoms with Gasteiger partial charge in [-0.15, -0.1) is 0 Å². The molecule has 1 atom stereocenters. The highest BCUT2D eigenvalue weighted by Crippen LogP contribution is 2.30. The highest BCUT2D eigenvalue weighted by atomic mass is 79.9. The molecule has 1 aliphatic rings. The highest BCUT2D eigenvalue weighted by Gasteiger charge is 2.29. The molecule has 0 bridgehead atoms. The van der Waals surface area contributed by atoms with Crippen LogP contribution in [0.1, 0.15) is 10.4 Å². The van der Waals surface area contributed by atoms with Gasteiger partial charge >= 0.3 is 0 Å². The summed E-state index contributed by atoms with van der Waals surface area (Å²) in [4.78, 5) is 31.1. The number of carbonyl (C=O) groups excluding carboxylic acids is 2. The van der Waals surface area contributed by atoms with Gasteiger partial charge in [0.1, 0.15) is 5.03 Å². The van der Waals surface area contributed by atoms with E-state index in [-0.39, 0.29) is 19.1 Å². The molecule has 8 heteroatoms. The summed E-state index contributed by atoms with van der Waals surface area (Å²) < 4.78 is 6.29. The molecule has 0 spiro atoms. The molecule has 2 aromatic rings. The summed E-state index contributed by atoms with van der Waals surface area (Å²) in [5.41, 5.74) is 5.79. The Bertz CT molecular complexity index is 785. The number of benzene rings is 1. The van der Waals surface area contributed by atoms with Crippen molar-refractivity contribution in [2.24, 2.45) is 5.73 Å². The fourth-order valence-electron chi connectivity index (χ4n) is 2.43. The molecular weight excluding hydrogens is 406 g/mol. The second kappa shape index (κ2) is 7.99. The number of primary amides is 1. The summed E-state index contributed by atoms with van der Waals surface area (Å²) >= 11 is 4.82. The average molecular weight is 422 g/mol. The molecule has 0 radical (unpaired) electrons. The molecule has 130 valence electrons. The lowest BCUT2D eigenvalue weighted by atomic mass is 10.2. The Hall–Kier alpha value is -1.90. The van der Waals surface area contributed by atoms with Crippen molar-refractivity contribution in [3.8, 4) is 0 Å². The maximum atomic E-state index is 12.9. The largest absolute Gasteiger partial charge is 0.367 e. The van der Waals surface area contributed by atoms with E-state index in [1.54, 1.807) is 23.2 Å². The number of ether oxygens (including phenoxy) is 1. The first-order valence-corrected chi connectivity index (χ1v) is 9.24.